The van der Waals surface area contributed by atoms with E-state index in [-0.39, 0.29) is 31.7 Å². The second-order valence-electron chi connectivity index (χ2n) is 7.77. The first-order valence-corrected chi connectivity index (χ1v) is 10.4. The maximum Gasteiger partial charge on any atom is 0.326 e. The van der Waals surface area contributed by atoms with Crippen molar-refractivity contribution >= 4 is 29.7 Å². The number of nitrogens with zero attached hydrogens (tertiary/aromatic N) is 1. The minimum absolute atomic E-state index is 0.0862. The fourth-order valence-electron chi connectivity index (χ4n) is 3.50. The maximum atomic E-state index is 12.6. The van der Waals surface area contributed by atoms with Gasteiger partial charge in [0, 0.05) is 13.0 Å². The van der Waals surface area contributed by atoms with Crippen molar-refractivity contribution in [3.63, 3.8) is 0 Å². The van der Waals surface area contributed by atoms with E-state index >= 15 is 0 Å². The molecule has 7 N–H and O–H groups in total. The molecule has 1 aromatic carbocycles. The van der Waals surface area contributed by atoms with Crippen LogP contribution in [0.15, 0.2) is 24.3 Å². The summed E-state index contributed by atoms with van der Waals surface area (Å²) < 4.78 is 0. The van der Waals surface area contributed by atoms with Gasteiger partial charge in [0.05, 0.1) is 12.6 Å². The number of rotatable bonds is 11. The largest absolute Gasteiger partial charge is 0.508 e. The highest BCUT2D eigenvalue weighted by Crippen LogP contribution is 2.18. The zero-order chi connectivity index (χ0) is 24.5. The van der Waals surface area contributed by atoms with Crippen LogP contribution in [0.2, 0.25) is 0 Å². The summed E-state index contributed by atoms with van der Waals surface area (Å²) in [7, 11) is 0. The van der Waals surface area contributed by atoms with Crippen LogP contribution in [0, 0.1) is 0 Å². The Morgan fingerprint density at radius 2 is 1.79 bits per heavy atom. The van der Waals surface area contributed by atoms with E-state index in [4.69, 9.17) is 10.8 Å². The van der Waals surface area contributed by atoms with Gasteiger partial charge in [0.2, 0.25) is 17.7 Å². The third-order valence-electron chi connectivity index (χ3n) is 5.28. The van der Waals surface area contributed by atoms with Gasteiger partial charge in [-0.1, -0.05) is 12.1 Å². The number of likely N-dealkylation sites (tertiary alicyclic amines) is 1. The van der Waals surface area contributed by atoms with Crippen molar-refractivity contribution in [3.05, 3.63) is 29.8 Å². The fraction of sp³-hybridized carbons (Fsp3) is 0.476. The van der Waals surface area contributed by atoms with Crippen LogP contribution in [0.4, 0.5) is 0 Å². The normalized spacial score (nSPS) is 17.1. The number of carbonyl (C=O) groups excluding carboxylic acids is 3. The van der Waals surface area contributed by atoms with E-state index in [1.54, 1.807) is 12.1 Å². The van der Waals surface area contributed by atoms with Gasteiger partial charge in [-0.05, 0) is 43.4 Å². The fourth-order valence-corrected chi connectivity index (χ4v) is 3.50. The van der Waals surface area contributed by atoms with Crippen LogP contribution in [0.5, 0.6) is 5.75 Å². The Kier molecular flexibility index (Phi) is 9.16. The van der Waals surface area contributed by atoms with Crippen molar-refractivity contribution in [1.29, 1.82) is 0 Å². The number of carbonyl (C=O) groups is 5. The summed E-state index contributed by atoms with van der Waals surface area (Å²) in [5.41, 5.74) is 6.60. The molecule has 12 heteroatoms. The van der Waals surface area contributed by atoms with E-state index < -0.39 is 54.2 Å². The predicted molar refractivity (Wildman–Crippen MR) is 114 cm³/mol. The molecule has 3 unspecified atom stereocenters. The van der Waals surface area contributed by atoms with Crippen LogP contribution in [-0.2, 0) is 30.4 Å². The first-order chi connectivity index (χ1) is 15.6. The molecular formula is C21H28N4O8. The molecule has 1 fully saturated rings. The summed E-state index contributed by atoms with van der Waals surface area (Å²) in [5, 5.41) is 32.0. The van der Waals surface area contributed by atoms with Gasteiger partial charge in [0.15, 0.2) is 0 Å². The average molecular weight is 464 g/mol. The zero-order valence-electron chi connectivity index (χ0n) is 17.9. The molecule has 0 spiro atoms. The van der Waals surface area contributed by atoms with Crippen molar-refractivity contribution in [2.45, 2.75) is 50.2 Å². The number of benzene rings is 1. The van der Waals surface area contributed by atoms with Crippen LogP contribution >= 0.6 is 0 Å². The average Bonchev–Trinajstić information content (AvgIpc) is 3.26. The number of aliphatic carboxylic acids is 2. The summed E-state index contributed by atoms with van der Waals surface area (Å²) >= 11 is 0. The Labute approximate surface area is 189 Å². The molecule has 180 valence electrons. The lowest BCUT2D eigenvalue weighted by Crippen LogP contribution is -2.53. The Morgan fingerprint density at radius 3 is 2.39 bits per heavy atom. The van der Waals surface area contributed by atoms with Gasteiger partial charge in [0.1, 0.15) is 17.8 Å². The number of phenols is 1. The van der Waals surface area contributed by atoms with Crippen molar-refractivity contribution in [2.24, 2.45) is 5.73 Å². The summed E-state index contributed by atoms with van der Waals surface area (Å²) in [4.78, 5) is 60.6. The third kappa shape index (κ3) is 7.75. The number of nitrogens with one attached hydrogen (secondary N) is 2. The summed E-state index contributed by atoms with van der Waals surface area (Å²) in [6.07, 6.45) is 0.317. The summed E-state index contributed by atoms with van der Waals surface area (Å²) in [5.74, 6) is -4.23. The molecule has 0 radical (unpaired) electrons. The topological polar surface area (TPSA) is 199 Å². The number of nitrogens with two attached hydrogens (primary N) is 1. The van der Waals surface area contributed by atoms with Crippen LogP contribution in [0.25, 0.3) is 0 Å². The van der Waals surface area contributed by atoms with Gasteiger partial charge in [-0.2, -0.15) is 0 Å². The minimum Gasteiger partial charge on any atom is -0.508 e. The van der Waals surface area contributed by atoms with Gasteiger partial charge in [0.25, 0.3) is 0 Å². The first kappa shape index (κ1) is 25.6. The molecule has 1 saturated heterocycles. The zero-order valence-corrected chi connectivity index (χ0v) is 17.9. The molecule has 0 aliphatic carbocycles. The van der Waals surface area contributed by atoms with Crippen molar-refractivity contribution in [3.8, 4) is 5.75 Å². The highest BCUT2D eigenvalue weighted by Gasteiger charge is 2.36. The van der Waals surface area contributed by atoms with E-state index in [0.717, 1.165) is 5.56 Å². The number of carboxylic acid groups (broad SMARTS) is 2. The first-order valence-electron chi connectivity index (χ1n) is 10.4. The molecule has 1 heterocycles. The number of amides is 3. The molecule has 0 aromatic heterocycles. The van der Waals surface area contributed by atoms with Gasteiger partial charge in [-0.15, -0.1) is 0 Å². The Balaban J connectivity index is 1.87. The monoisotopic (exact) mass is 464 g/mol. The number of hydrogen-bond donors (Lipinski definition) is 6. The Morgan fingerprint density at radius 1 is 1.12 bits per heavy atom. The standard InChI is InChI=1S/C21H28N4O8/c22-14(10-12-3-5-13(26)6-4-12)19(30)23-11-17(27)25-9-1-2-16(25)20(31)24-15(21(32)33)7-8-18(28)29/h3-6,14-16,26H,1-2,7-11,22H2,(H,23,30)(H,24,31)(H,28,29)(H,32,33). The smallest absolute Gasteiger partial charge is 0.326 e. The molecule has 3 amide bonds. The molecule has 1 aliphatic heterocycles. The van der Waals surface area contributed by atoms with Crippen molar-refractivity contribution in [2.75, 3.05) is 13.1 Å². The molecule has 33 heavy (non-hydrogen) atoms. The summed E-state index contributed by atoms with van der Waals surface area (Å²) in [6, 6.07) is 2.97. The van der Waals surface area contributed by atoms with E-state index in [1.807, 2.05) is 0 Å². The van der Waals surface area contributed by atoms with Crippen LogP contribution in [0.1, 0.15) is 31.2 Å². The van der Waals surface area contributed by atoms with Crippen molar-refractivity contribution in [1.82, 2.24) is 15.5 Å². The lowest BCUT2D eigenvalue weighted by molar-refractivity contribution is -0.144. The second kappa shape index (κ2) is 11.8. The lowest BCUT2D eigenvalue weighted by Gasteiger charge is -2.25. The van der Waals surface area contributed by atoms with E-state index in [2.05, 4.69) is 10.6 Å². The van der Waals surface area contributed by atoms with Crippen LogP contribution in [-0.4, -0.2) is 81.1 Å². The molecule has 0 saturated carbocycles. The number of carboxylic acids is 2. The van der Waals surface area contributed by atoms with Gasteiger partial charge in [-0.3, -0.25) is 19.2 Å². The maximum absolute atomic E-state index is 12.6. The quantitative estimate of drug-likeness (QED) is 0.233. The van der Waals surface area contributed by atoms with E-state index in [0.29, 0.717) is 12.8 Å². The molecule has 2 rings (SSSR count). The predicted octanol–water partition coefficient (Wildman–Crippen LogP) is -1.20. The van der Waals surface area contributed by atoms with Crippen molar-refractivity contribution < 1.29 is 39.3 Å². The SMILES string of the molecule is NC(Cc1ccc(O)cc1)C(=O)NCC(=O)N1CCCC1C(=O)NC(CCC(=O)O)C(=O)O. The summed E-state index contributed by atoms with van der Waals surface area (Å²) in [6.45, 7) is -0.119. The van der Waals surface area contributed by atoms with E-state index in [1.165, 1.54) is 17.0 Å². The van der Waals surface area contributed by atoms with Gasteiger partial charge < -0.3 is 36.6 Å². The molecule has 1 aromatic rings. The van der Waals surface area contributed by atoms with Crippen LogP contribution in [0.3, 0.4) is 0 Å². The second-order valence-corrected chi connectivity index (χ2v) is 7.77. The highest BCUT2D eigenvalue weighted by atomic mass is 16.4. The lowest BCUT2D eigenvalue weighted by atomic mass is 10.1. The molecule has 12 nitrogen and oxygen atoms in total. The third-order valence-corrected chi connectivity index (χ3v) is 5.28. The number of hydrogen-bond acceptors (Lipinski definition) is 7. The Hall–Kier alpha value is -3.67. The highest BCUT2D eigenvalue weighted by molar-refractivity contribution is 5.93. The molecule has 0 bridgehead atoms. The molecular weight excluding hydrogens is 436 g/mol. The van der Waals surface area contributed by atoms with E-state index in [9.17, 15) is 34.2 Å². The molecule has 1 aliphatic rings. The minimum atomic E-state index is -1.39. The Bertz CT molecular complexity index is 889. The number of aromatic hydroxyl groups is 1. The molecule has 3 atom stereocenters. The number of phenolic OH excluding ortho intramolecular Hbond substituents is 1. The van der Waals surface area contributed by atoms with Gasteiger partial charge in [-0.25, -0.2) is 4.79 Å². The van der Waals surface area contributed by atoms with Gasteiger partial charge >= 0.3 is 11.9 Å². The van der Waals surface area contributed by atoms with Crippen LogP contribution < -0.4 is 16.4 Å².